The average Bonchev–Trinajstić information content (AvgIpc) is 2.58. The first-order valence-corrected chi connectivity index (χ1v) is 8.83. The fourth-order valence-corrected chi connectivity index (χ4v) is 3.23. The van der Waals surface area contributed by atoms with Gasteiger partial charge in [0.15, 0.2) is 0 Å². The third kappa shape index (κ3) is 5.54. The van der Waals surface area contributed by atoms with Crippen molar-refractivity contribution in [3.8, 4) is 0 Å². The Hall–Kier alpha value is -1.55. The van der Waals surface area contributed by atoms with Crippen LogP contribution in [0.5, 0.6) is 0 Å². The Balaban J connectivity index is 1.73. The number of hydrazine groups is 1. The minimum absolute atomic E-state index is 0.0124. The van der Waals surface area contributed by atoms with Gasteiger partial charge >= 0.3 is 0 Å². The molecule has 2 N–H and O–H groups in total. The zero-order chi connectivity index (χ0) is 16.7. The molecule has 0 bridgehead atoms. The van der Waals surface area contributed by atoms with Gasteiger partial charge in [0.05, 0.1) is 0 Å². The summed E-state index contributed by atoms with van der Waals surface area (Å²) in [6.45, 7) is 2.21. The highest BCUT2D eigenvalue weighted by atomic mass is 35.5. The monoisotopic (exact) mass is 336 g/mol. The quantitative estimate of drug-likeness (QED) is 0.795. The molecule has 0 saturated heterocycles. The molecule has 2 amide bonds. The minimum Gasteiger partial charge on any atom is -0.273 e. The van der Waals surface area contributed by atoms with Crippen molar-refractivity contribution < 1.29 is 9.59 Å². The molecule has 0 aliphatic heterocycles. The molecule has 0 spiro atoms. The third-order valence-corrected chi connectivity index (χ3v) is 4.84. The second-order valence-electron chi connectivity index (χ2n) is 6.31. The van der Waals surface area contributed by atoms with Crippen LogP contribution >= 0.6 is 11.6 Å². The standard InChI is InChI=1S/C18H25ClN2O2/c1-2-3-4-13-5-7-14(8-6-13)17(22)20-21-18(23)15-9-11-16(19)12-10-15/h9-14H,2-8H2,1H3,(H,20,22)(H,21,23). The van der Waals surface area contributed by atoms with E-state index in [2.05, 4.69) is 17.8 Å². The molecule has 1 saturated carbocycles. The molecule has 23 heavy (non-hydrogen) atoms. The smallest absolute Gasteiger partial charge is 0.269 e. The summed E-state index contributed by atoms with van der Waals surface area (Å²) in [5, 5.41) is 0.574. The van der Waals surface area contributed by atoms with Crippen molar-refractivity contribution in [1.82, 2.24) is 10.9 Å². The van der Waals surface area contributed by atoms with Gasteiger partial charge < -0.3 is 0 Å². The molecule has 0 unspecified atom stereocenters. The Morgan fingerprint density at radius 1 is 1.09 bits per heavy atom. The Kier molecular flexibility index (Phi) is 6.90. The highest BCUT2D eigenvalue weighted by Gasteiger charge is 2.26. The van der Waals surface area contributed by atoms with Crippen LogP contribution in [0, 0.1) is 11.8 Å². The van der Waals surface area contributed by atoms with Gasteiger partial charge in [-0.2, -0.15) is 0 Å². The van der Waals surface area contributed by atoms with E-state index in [0.29, 0.717) is 10.6 Å². The number of hydrogen-bond donors (Lipinski definition) is 2. The molecular formula is C18H25ClN2O2. The number of amides is 2. The van der Waals surface area contributed by atoms with Crippen molar-refractivity contribution in [2.45, 2.75) is 51.9 Å². The summed E-state index contributed by atoms with van der Waals surface area (Å²) in [5.74, 6) is 0.369. The summed E-state index contributed by atoms with van der Waals surface area (Å²) < 4.78 is 0. The first-order valence-electron chi connectivity index (χ1n) is 8.46. The van der Waals surface area contributed by atoms with Crippen LogP contribution in [0.4, 0.5) is 0 Å². The van der Waals surface area contributed by atoms with Gasteiger partial charge in [0.2, 0.25) is 5.91 Å². The average molecular weight is 337 g/mol. The van der Waals surface area contributed by atoms with Crippen molar-refractivity contribution in [2.24, 2.45) is 11.8 Å². The van der Waals surface area contributed by atoms with E-state index in [1.54, 1.807) is 24.3 Å². The van der Waals surface area contributed by atoms with Crippen molar-refractivity contribution in [3.63, 3.8) is 0 Å². The Labute approximate surface area is 143 Å². The van der Waals surface area contributed by atoms with Crippen molar-refractivity contribution in [1.29, 1.82) is 0 Å². The molecule has 1 aromatic carbocycles. The van der Waals surface area contributed by atoms with E-state index in [0.717, 1.165) is 31.6 Å². The van der Waals surface area contributed by atoms with Crippen molar-refractivity contribution in [2.75, 3.05) is 0 Å². The molecule has 0 radical (unpaired) electrons. The van der Waals surface area contributed by atoms with Gasteiger partial charge in [-0.25, -0.2) is 0 Å². The summed E-state index contributed by atoms with van der Waals surface area (Å²) in [6.07, 6.45) is 7.84. The van der Waals surface area contributed by atoms with Crippen molar-refractivity contribution in [3.05, 3.63) is 34.9 Å². The normalized spacial score (nSPS) is 20.8. The van der Waals surface area contributed by atoms with E-state index < -0.39 is 0 Å². The number of rotatable bonds is 5. The van der Waals surface area contributed by atoms with E-state index >= 15 is 0 Å². The fraction of sp³-hybridized carbons (Fsp3) is 0.556. The second kappa shape index (κ2) is 8.92. The van der Waals surface area contributed by atoms with E-state index in [-0.39, 0.29) is 17.7 Å². The lowest BCUT2D eigenvalue weighted by molar-refractivity contribution is -0.127. The number of hydrogen-bond acceptors (Lipinski definition) is 2. The predicted octanol–water partition coefficient (Wildman–Crippen LogP) is 4.10. The largest absolute Gasteiger partial charge is 0.273 e. The number of unbranched alkanes of at least 4 members (excludes halogenated alkanes) is 1. The van der Waals surface area contributed by atoms with E-state index in [4.69, 9.17) is 11.6 Å². The number of carbonyl (C=O) groups is 2. The molecule has 0 aromatic heterocycles. The molecular weight excluding hydrogens is 312 g/mol. The lowest BCUT2D eigenvalue weighted by Crippen LogP contribution is -2.45. The summed E-state index contributed by atoms with van der Waals surface area (Å²) >= 11 is 5.79. The van der Waals surface area contributed by atoms with E-state index in [1.165, 1.54) is 19.3 Å². The summed E-state index contributed by atoms with van der Waals surface area (Å²) in [6, 6.07) is 6.55. The van der Waals surface area contributed by atoms with Crippen LogP contribution in [0.15, 0.2) is 24.3 Å². The molecule has 1 aliphatic rings. The number of nitrogens with one attached hydrogen (secondary N) is 2. The van der Waals surface area contributed by atoms with E-state index in [9.17, 15) is 9.59 Å². The second-order valence-corrected chi connectivity index (χ2v) is 6.75. The zero-order valence-corrected chi connectivity index (χ0v) is 14.4. The first kappa shape index (κ1) is 17.8. The first-order chi connectivity index (χ1) is 11.1. The highest BCUT2D eigenvalue weighted by Crippen LogP contribution is 2.31. The third-order valence-electron chi connectivity index (χ3n) is 4.59. The molecule has 126 valence electrons. The highest BCUT2D eigenvalue weighted by molar-refractivity contribution is 6.30. The Bertz CT molecular complexity index is 522. The molecule has 1 aromatic rings. The van der Waals surface area contributed by atoms with Crippen LogP contribution in [-0.2, 0) is 4.79 Å². The zero-order valence-electron chi connectivity index (χ0n) is 13.6. The van der Waals surface area contributed by atoms with Gasteiger partial charge in [-0.1, -0.05) is 37.8 Å². The van der Waals surface area contributed by atoms with Crippen LogP contribution in [0.3, 0.4) is 0 Å². The lowest BCUT2D eigenvalue weighted by atomic mass is 9.79. The molecule has 2 rings (SSSR count). The number of carbonyl (C=O) groups excluding carboxylic acids is 2. The topological polar surface area (TPSA) is 58.2 Å². The molecule has 1 fully saturated rings. The Morgan fingerprint density at radius 2 is 1.74 bits per heavy atom. The molecule has 0 heterocycles. The van der Waals surface area contributed by atoms with Crippen LogP contribution in [0.2, 0.25) is 5.02 Å². The maximum atomic E-state index is 12.2. The summed E-state index contributed by atoms with van der Waals surface area (Å²) in [5.41, 5.74) is 5.50. The van der Waals surface area contributed by atoms with Gasteiger partial charge in [0.1, 0.15) is 0 Å². The maximum absolute atomic E-state index is 12.2. The van der Waals surface area contributed by atoms with Crippen LogP contribution in [0.1, 0.15) is 62.2 Å². The van der Waals surface area contributed by atoms with Gasteiger partial charge in [0, 0.05) is 16.5 Å². The predicted molar refractivity (Wildman–Crippen MR) is 92.0 cm³/mol. The maximum Gasteiger partial charge on any atom is 0.269 e. The number of benzene rings is 1. The SMILES string of the molecule is CCCCC1CCC(C(=O)NNC(=O)c2ccc(Cl)cc2)CC1. The van der Waals surface area contributed by atoms with Gasteiger partial charge in [-0.05, 0) is 55.9 Å². The molecule has 5 heteroatoms. The molecule has 4 nitrogen and oxygen atoms in total. The number of halogens is 1. The van der Waals surface area contributed by atoms with E-state index in [1.807, 2.05) is 0 Å². The van der Waals surface area contributed by atoms with Gasteiger partial charge in [-0.3, -0.25) is 20.4 Å². The fourth-order valence-electron chi connectivity index (χ4n) is 3.10. The summed E-state index contributed by atoms with van der Waals surface area (Å²) in [7, 11) is 0. The minimum atomic E-state index is -0.327. The van der Waals surface area contributed by atoms with Crippen LogP contribution in [0.25, 0.3) is 0 Å². The molecule has 1 aliphatic carbocycles. The van der Waals surface area contributed by atoms with Gasteiger partial charge in [-0.15, -0.1) is 0 Å². The van der Waals surface area contributed by atoms with Crippen LogP contribution < -0.4 is 10.9 Å². The van der Waals surface area contributed by atoms with Crippen molar-refractivity contribution >= 4 is 23.4 Å². The lowest BCUT2D eigenvalue weighted by Gasteiger charge is -2.27. The Morgan fingerprint density at radius 3 is 2.35 bits per heavy atom. The molecule has 0 atom stereocenters. The van der Waals surface area contributed by atoms with Gasteiger partial charge in [0.25, 0.3) is 5.91 Å². The summed E-state index contributed by atoms with van der Waals surface area (Å²) in [4.78, 5) is 24.1. The van der Waals surface area contributed by atoms with Crippen LogP contribution in [-0.4, -0.2) is 11.8 Å².